The van der Waals surface area contributed by atoms with Crippen LogP contribution < -0.4 is 18.9 Å². The molecule has 5 unspecified atom stereocenters. The van der Waals surface area contributed by atoms with Crippen molar-refractivity contribution in [2.45, 2.75) is 39.4 Å². The van der Waals surface area contributed by atoms with Gasteiger partial charge in [0.15, 0.2) is 23.0 Å². The standard InChI is InChI=1S/C57H40N2O8S7/c58-28-33(56(60)61)22-35-24-44-46(68-35)26-48(71-44)54-52-50(64-16-18-66-52)40(73-54)14-9-31-7-12-38-37(11-6-30-4-2-1-3-5-30)39-13-8-32(21-43(39)70-42(38)20-31)10-15-41-51-53(67-19-17-65-51)55(74-41)49-27-47-45(72-49)25-36(69-47)23-34(29-59)57(62)63/h1-5,7-10,12-15,20-27,37-38,42,44,46H,6,11,16-19H2,(H,60,61)(H,62,63)/b14-9+,15-10+,33-22+,34-23+. The van der Waals surface area contributed by atoms with Crippen LogP contribution in [0.25, 0.3) is 48.4 Å². The molecule has 368 valence electrons. The lowest BCUT2D eigenvalue weighted by atomic mass is 9.77. The number of ether oxygens (including phenoxy) is 4. The maximum atomic E-state index is 11.5. The number of rotatable bonds is 13. The van der Waals surface area contributed by atoms with Gasteiger partial charge in [0.1, 0.15) is 49.7 Å². The van der Waals surface area contributed by atoms with Crippen molar-refractivity contribution in [3.05, 3.63) is 161 Å². The maximum absolute atomic E-state index is 11.5. The third-order valence-corrected chi connectivity index (χ3v) is 22.0. The number of allylic oxidation sites excluding steroid dienone is 5. The molecule has 0 saturated carbocycles. The van der Waals surface area contributed by atoms with Crippen LogP contribution in [0.3, 0.4) is 0 Å². The largest absolute Gasteiger partial charge is 0.485 e. The van der Waals surface area contributed by atoms with E-state index >= 15 is 0 Å². The minimum atomic E-state index is -1.24. The van der Waals surface area contributed by atoms with Gasteiger partial charge in [-0.2, -0.15) is 10.5 Å². The molecule has 10 nitrogen and oxygen atoms in total. The SMILES string of the molecule is N#C/C(=C\C1=CC2SC(c3sc(/C=C/C4=CC5Sc6cc(/C=C/c7sc(-c8cc9sc(/C=C(\C#N)C(=O)O)cc9s8)c8c7OCCO8)ccc6C(CCc6ccccc6)C5C=C4)c4c3OCCO4)=CC2S1)C(=O)O. The second-order valence-electron chi connectivity index (χ2n) is 17.8. The Hall–Kier alpha value is -6.41. The molecule has 12 rings (SSSR count). The molecule has 2 aromatic carbocycles. The highest BCUT2D eigenvalue weighted by molar-refractivity contribution is 8.12. The van der Waals surface area contributed by atoms with Gasteiger partial charge in [-0.05, 0) is 89.4 Å². The van der Waals surface area contributed by atoms with E-state index in [1.807, 2.05) is 23.9 Å². The van der Waals surface area contributed by atoms with Crippen LogP contribution in [0, 0.1) is 28.6 Å². The third kappa shape index (κ3) is 9.63. The van der Waals surface area contributed by atoms with E-state index < -0.39 is 11.9 Å². The third-order valence-electron chi connectivity index (χ3n) is 13.2. The van der Waals surface area contributed by atoms with Crippen molar-refractivity contribution in [2.24, 2.45) is 5.92 Å². The Bertz CT molecular complexity index is 3610. The number of aliphatic carboxylic acids is 2. The number of thioether (sulfide) groups is 3. The molecular formula is C57H40N2O8S7. The molecule has 0 radical (unpaired) electrons. The van der Waals surface area contributed by atoms with Crippen LogP contribution in [0.4, 0.5) is 0 Å². The summed E-state index contributed by atoms with van der Waals surface area (Å²) in [4.78, 5) is 31.9. The Balaban J connectivity index is 0.801. The molecule has 17 heteroatoms. The number of thiophene rings is 4. The van der Waals surface area contributed by atoms with Crippen LogP contribution >= 0.6 is 80.6 Å². The Labute approximate surface area is 454 Å². The van der Waals surface area contributed by atoms with E-state index in [2.05, 4.69) is 103 Å². The molecular weight excluding hydrogens is 1070 g/mol. The van der Waals surface area contributed by atoms with E-state index in [1.54, 1.807) is 69.7 Å². The van der Waals surface area contributed by atoms with Gasteiger partial charge in [-0.25, -0.2) is 9.59 Å². The molecule has 0 fully saturated rings. The van der Waals surface area contributed by atoms with Gasteiger partial charge in [0.25, 0.3) is 0 Å². The number of aryl methyl sites for hydroxylation is 1. The highest BCUT2D eigenvalue weighted by Crippen LogP contribution is 2.58. The first kappa shape index (κ1) is 48.5. The van der Waals surface area contributed by atoms with E-state index in [9.17, 15) is 30.3 Å². The van der Waals surface area contributed by atoms with Crippen LogP contribution in [0.1, 0.15) is 48.5 Å². The molecule has 6 aliphatic rings. The summed E-state index contributed by atoms with van der Waals surface area (Å²) in [5.41, 5.74) is 4.39. The van der Waals surface area contributed by atoms with E-state index in [-0.39, 0.29) is 26.9 Å². The van der Waals surface area contributed by atoms with Gasteiger partial charge in [0.2, 0.25) is 0 Å². The summed E-state index contributed by atoms with van der Waals surface area (Å²) < 4.78 is 27.1. The lowest BCUT2D eigenvalue weighted by molar-refractivity contribution is -0.133. The predicted octanol–water partition coefficient (Wildman–Crippen LogP) is 14.5. The molecule has 0 amide bonds. The first-order valence-electron chi connectivity index (χ1n) is 23.6. The van der Waals surface area contributed by atoms with Crippen LogP contribution in [0.15, 0.2) is 130 Å². The van der Waals surface area contributed by atoms with Crippen LogP contribution in [0.5, 0.6) is 23.0 Å². The zero-order valence-corrected chi connectivity index (χ0v) is 44.6. The minimum absolute atomic E-state index is 0.125. The van der Waals surface area contributed by atoms with E-state index in [0.717, 1.165) is 95.4 Å². The molecule has 6 aromatic rings. The fourth-order valence-electron chi connectivity index (χ4n) is 9.74. The number of hydrogen-bond acceptors (Lipinski definition) is 15. The molecule has 0 spiro atoms. The highest BCUT2D eigenvalue weighted by atomic mass is 32.2. The number of nitrogens with zero attached hydrogens (tertiary/aromatic N) is 2. The summed E-state index contributed by atoms with van der Waals surface area (Å²) in [7, 11) is 0. The average molecular weight is 1110 g/mol. The summed E-state index contributed by atoms with van der Waals surface area (Å²) in [5.74, 6) is 1.21. The van der Waals surface area contributed by atoms with Crippen molar-refractivity contribution in [1.29, 1.82) is 10.5 Å². The Kier molecular flexibility index (Phi) is 13.6. The summed E-state index contributed by atoms with van der Waals surface area (Å²) >= 11 is 11.6. The molecule has 74 heavy (non-hydrogen) atoms. The number of carboxylic acids is 2. The smallest absolute Gasteiger partial charge is 0.346 e. The number of hydrogen-bond donors (Lipinski definition) is 2. The van der Waals surface area contributed by atoms with Crippen molar-refractivity contribution in [2.75, 3.05) is 26.4 Å². The lowest BCUT2D eigenvalue weighted by Gasteiger charge is -2.38. The summed E-state index contributed by atoms with van der Waals surface area (Å²) in [6.07, 6.45) is 24.9. The van der Waals surface area contributed by atoms with Crippen LogP contribution in [-0.4, -0.2) is 64.3 Å². The fraction of sp³-hybridized carbons (Fsp3) is 0.193. The highest BCUT2D eigenvalue weighted by Gasteiger charge is 2.38. The molecule has 0 bridgehead atoms. The maximum Gasteiger partial charge on any atom is 0.346 e. The van der Waals surface area contributed by atoms with Crippen molar-refractivity contribution < 1.29 is 38.7 Å². The van der Waals surface area contributed by atoms with Gasteiger partial charge in [-0.15, -0.1) is 80.6 Å². The first-order valence-corrected chi connectivity index (χ1v) is 29.5. The van der Waals surface area contributed by atoms with E-state index in [1.165, 1.54) is 39.5 Å². The molecule has 0 saturated heterocycles. The van der Waals surface area contributed by atoms with Crippen molar-refractivity contribution in [3.8, 4) is 44.9 Å². The minimum Gasteiger partial charge on any atom is -0.485 e. The number of nitriles is 2. The second-order valence-corrected chi connectivity index (χ2v) is 25.8. The molecule has 5 aliphatic heterocycles. The van der Waals surface area contributed by atoms with Gasteiger partial charge in [0, 0.05) is 44.7 Å². The average Bonchev–Trinajstić information content (AvgIpc) is 4.28. The zero-order chi connectivity index (χ0) is 50.5. The van der Waals surface area contributed by atoms with Crippen molar-refractivity contribution >= 4 is 131 Å². The second kappa shape index (κ2) is 20.7. The monoisotopic (exact) mass is 1100 g/mol. The lowest BCUT2D eigenvalue weighted by Crippen LogP contribution is -2.28. The molecule has 1 aliphatic carbocycles. The Morgan fingerprint density at radius 3 is 2.05 bits per heavy atom. The van der Waals surface area contributed by atoms with Crippen molar-refractivity contribution in [3.63, 3.8) is 0 Å². The first-order chi connectivity index (χ1) is 36.2. The summed E-state index contributed by atoms with van der Waals surface area (Å²) in [5, 5.41) is 37.7. The van der Waals surface area contributed by atoms with Crippen molar-refractivity contribution in [1.82, 2.24) is 0 Å². The molecule has 5 atom stereocenters. The van der Waals surface area contributed by atoms with E-state index in [4.69, 9.17) is 18.9 Å². The quantitative estimate of drug-likeness (QED) is 0.0832. The summed E-state index contributed by atoms with van der Waals surface area (Å²) in [6, 6.07) is 25.2. The number of benzene rings is 2. The normalized spacial score (nSPS) is 21.7. The number of carboxylic acid groups (broad SMARTS) is 2. The predicted molar refractivity (Wildman–Crippen MR) is 303 cm³/mol. The van der Waals surface area contributed by atoms with Gasteiger partial charge in [-0.1, -0.05) is 85.0 Å². The van der Waals surface area contributed by atoms with Gasteiger partial charge in [-0.3, -0.25) is 0 Å². The Morgan fingerprint density at radius 1 is 0.662 bits per heavy atom. The molecule has 2 N–H and O–H groups in total. The van der Waals surface area contributed by atoms with Gasteiger partial charge < -0.3 is 29.2 Å². The van der Waals surface area contributed by atoms with Gasteiger partial charge in [0.05, 0.1) is 24.4 Å². The van der Waals surface area contributed by atoms with E-state index in [0.29, 0.717) is 38.3 Å². The fourth-order valence-corrected chi connectivity index (χ4v) is 18.9. The zero-order valence-electron chi connectivity index (χ0n) is 38.8. The topological polar surface area (TPSA) is 159 Å². The Morgan fingerprint density at radius 2 is 1.34 bits per heavy atom. The van der Waals surface area contributed by atoms with Gasteiger partial charge >= 0.3 is 11.9 Å². The summed E-state index contributed by atoms with van der Waals surface area (Å²) in [6.45, 7) is 1.87. The van der Waals surface area contributed by atoms with Crippen LogP contribution in [-0.2, 0) is 16.0 Å². The molecule has 4 aromatic heterocycles. The number of carbonyl (C=O) groups is 2. The number of fused-ring (bicyclic) bond motifs is 6. The molecule has 9 heterocycles. The van der Waals surface area contributed by atoms with Crippen LogP contribution in [0.2, 0.25) is 0 Å².